The van der Waals surface area contributed by atoms with Crippen molar-refractivity contribution in [3.63, 3.8) is 0 Å². The second kappa shape index (κ2) is 8.24. The highest BCUT2D eigenvalue weighted by molar-refractivity contribution is 5.91. The number of anilines is 2. The van der Waals surface area contributed by atoms with Crippen LogP contribution in [0.3, 0.4) is 0 Å². The van der Waals surface area contributed by atoms with Gasteiger partial charge in [0.2, 0.25) is 5.43 Å². The van der Waals surface area contributed by atoms with E-state index in [4.69, 9.17) is 10.8 Å². The largest absolute Gasteiger partial charge is 0.511 e. The Bertz CT molecular complexity index is 991. The van der Waals surface area contributed by atoms with Gasteiger partial charge in [-0.15, -0.1) is 0 Å². The Balaban J connectivity index is 2.04. The van der Waals surface area contributed by atoms with E-state index in [1.54, 1.807) is 6.92 Å². The van der Waals surface area contributed by atoms with Gasteiger partial charge in [0, 0.05) is 25.7 Å². The van der Waals surface area contributed by atoms with E-state index in [0.717, 1.165) is 13.0 Å². The molecule has 0 aliphatic carbocycles. The highest BCUT2D eigenvalue weighted by Gasteiger charge is 2.29. The lowest BCUT2D eigenvalue weighted by atomic mass is 10.1. The molecule has 0 aromatic carbocycles. The van der Waals surface area contributed by atoms with E-state index >= 15 is 4.39 Å². The zero-order valence-electron chi connectivity index (χ0n) is 16.7. The molecule has 1 aliphatic heterocycles. The Morgan fingerprint density at radius 3 is 2.86 bits per heavy atom. The van der Waals surface area contributed by atoms with Crippen LogP contribution in [0.5, 0.6) is 5.75 Å². The van der Waals surface area contributed by atoms with E-state index in [1.165, 1.54) is 10.8 Å². The summed E-state index contributed by atoms with van der Waals surface area (Å²) in [5.41, 5.74) is 5.02. The second-order valence-electron chi connectivity index (χ2n) is 7.50. The van der Waals surface area contributed by atoms with Crippen molar-refractivity contribution in [3.8, 4) is 5.75 Å². The van der Waals surface area contributed by atoms with E-state index in [0.29, 0.717) is 31.6 Å². The summed E-state index contributed by atoms with van der Waals surface area (Å²) in [6.07, 6.45) is 0.516. The van der Waals surface area contributed by atoms with Gasteiger partial charge in [-0.1, -0.05) is 13.8 Å². The molecule has 0 radical (unpaired) electrons. The van der Waals surface area contributed by atoms with Gasteiger partial charge in [0.1, 0.15) is 5.65 Å². The number of ether oxygens (including phenoxy) is 1. The number of halogens is 1. The van der Waals surface area contributed by atoms with Crippen LogP contribution in [0.4, 0.5) is 20.7 Å². The third-order valence-corrected chi connectivity index (χ3v) is 5.07. The molecule has 0 bridgehead atoms. The van der Waals surface area contributed by atoms with Crippen molar-refractivity contribution in [1.82, 2.24) is 14.9 Å². The van der Waals surface area contributed by atoms with Crippen molar-refractivity contribution in [1.29, 1.82) is 0 Å². The molecule has 1 unspecified atom stereocenters. The van der Waals surface area contributed by atoms with Crippen LogP contribution in [-0.2, 0) is 6.54 Å². The van der Waals surface area contributed by atoms with Crippen molar-refractivity contribution in [2.24, 2.45) is 5.92 Å². The maximum Gasteiger partial charge on any atom is 0.511 e. The molecule has 1 aliphatic rings. The first-order valence-corrected chi connectivity index (χ1v) is 9.64. The minimum absolute atomic E-state index is 0.107. The molecule has 2 aromatic rings. The molecule has 1 atom stereocenters. The van der Waals surface area contributed by atoms with Gasteiger partial charge < -0.3 is 30.4 Å². The number of nitrogen functional groups attached to an aromatic ring is 1. The smallest absolute Gasteiger partial charge is 0.449 e. The fourth-order valence-electron chi connectivity index (χ4n) is 3.58. The molecule has 10 heteroatoms. The molecule has 2 aromatic heterocycles. The van der Waals surface area contributed by atoms with E-state index in [2.05, 4.69) is 28.9 Å². The molecule has 158 valence electrons. The maximum atomic E-state index is 15.1. The molecule has 29 heavy (non-hydrogen) atoms. The topological polar surface area (TPSA) is 123 Å². The van der Waals surface area contributed by atoms with Gasteiger partial charge in [0.15, 0.2) is 17.4 Å². The molecular formula is C19H26FN5O4. The predicted octanol–water partition coefficient (Wildman–Crippen LogP) is 2.02. The maximum absolute atomic E-state index is 15.1. The summed E-state index contributed by atoms with van der Waals surface area (Å²) >= 11 is 0. The number of carboxylic acid groups (broad SMARTS) is 1. The van der Waals surface area contributed by atoms with E-state index in [-0.39, 0.29) is 22.5 Å². The van der Waals surface area contributed by atoms with Crippen LogP contribution in [0.25, 0.3) is 11.0 Å². The Morgan fingerprint density at radius 1 is 1.52 bits per heavy atom. The van der Waals surface area contributed by atoms with Crippen LogP contribution in [0, 0.1) is 11.7 Å². The second-order valence-corrected chi connectivity index (χ2v) is 7.50. The van der Waals surface area contributed by atoms with Crippen LogP contribution in [0.1, 0.15) is 27.2 Å². The molecule has 0 saturated carbocycles. The molecule has 9 nitrogen and oxygen atoms in total. The van der Waals surface area contributed by atoms with Crippen molar-refractivity contribution >= 4 is 28.7 Å². The van der Waals surface area contributed by atoms with Gasteiger partial charge in [-0.25, -0.2) is 14.2 Å². The SMILES string of the molecule is CCn1cc(OC(=O)O)c(=O)c2c(N)c(F)c(N3CCC(CNC(C)C)C3)nc21. The Morgan fingerprint density at radius 2 is 2.24 bits per heavy atom. The van der Waals surface area contributed by atoms with Crippen LogP contribution < -0.4 is 26.1 Å². The number of aryl methyl sites for hydroxylation is 1. The van der Waals surface area contributed by atoms with Crippen molar-refractivity contribution in [2.75, 3.05) is 30.3 Å². The summed E-state index contributed by atoms with van der Waals surface area (Å²) in [5.74, 6) is -0.749. The minimum Gasteiger partial charge on any atom is -0.449 e. The summed E-state index contributed by atoms with van der Waals surface area (Å²) in [5, 5.41) is 12.1. The number of nitrogens with two attached hydrogens (primary N) is 1. The van der Waals surface area contributed by atoms with Gasteiger partial charge in [-0.3, -0.25) is 4.79 Å². The summed E-state index contributed by atoms with van der Waals surface area (Å²) in [7, 11) is 0. The first-order chi connectivity index (χ1) is 13.7. The monoisotopic (exact) mass is 407 g/mol. The summed E-state index contributed by atoms with van der Waals surface area (Å²) < 4.78 is 21.2. The van der Waals surface area contributed by atoms with Gasteiger partial charge in [0.25, 0.3) is 0 Å². The molecule has 3 rings (SSSR count). The summed E-state index contributed by atoms with van der Waals surface area (Å²) in [4.78, 5) is 29.7. The normalized spacial score (nSPS) is 16.7. The molecule has 0 spiro atoms. The fourth-order valence-corrected chi connectivity index (χ4v) is 3.58. The lowest BCUT2D eigenvalue weighted by Crippen LogP contribution is -2.31. The summed E-state index contributed by atoms with van der Waals surface area (Å²) in [6, 6.07) is 0.372. The molecule has 0 amide bonds. The van der Waals surface area contributed by atoms with Gasteiger partial charge in [-0.2, -0.15) is 0 Å². The van der Waals surface area contributed by atoms with Crippen molar-refractivity contribution in [2.45, 2.75) is 39.8 Å². The Kier molecular flexibility index (Phi) is 5.92. The van der Waals surface area contributed by atoms with Gasteiger partial charge in [0.05, 0.1) is 17.3 Å². The molecule has 3 heterocycles. The molecule has 1 saturated heterocycles. The number of hydrogen-bond acceptors (Lipinski definition) is 7. The van der Waals surface area contributed by atoms with Gasteiger partial charge >= 0.3 is 6.16 Å². The number of aromatic nitrogens is 2. The predicted molar refractivity (Wildman–Crippen MR) is 108 cm³/mol. The first kappa shape index (κ1) is 20.8. The lowest BCUT2D eigenvalue weighted by molar-refractivity contribution is 0.144. The highest BCUT2D eigenvalue weighted by Crippen LogP contribution is 2.32. The number of rotatable bonds is 6. The number of carbonyl (C=O) groups is 1. The molecule has 1 fully saturated rings. The molecule has 4 N–H and O–H groups in total. The highest BCUT2D eigenvalue weighted by atomic mass is 19.1. The van der Waals surface area contributed by atoms with Crippen LogP contribution in [0.15, 0.2) is 11.0 Å². The number of nitrogens with zero attached hydrogens (tertiary/aromatic N) is 3. The van der Waals surface area contributed by atoms with Crippen LogP contribution >= 0.6 is 0 Å². The number of fused-ring (bicyclic) bond motifs is 1. The zero-order valence-corrected chi connectivity index (χ0v) is 16.7. The Hall–Kier alpha value is -2.88. The average Bonchev–Trinajstić information content (AvgIpc) is 3.13. The molecular weight excluding hydrogens is 381 g/mol. The zero-order chi connectivity index (χ0) is 21.3. The first-order valence-electron chi connectivity index (χ1n) is 9.64. The third kappa shape index (κ3) is 4.12. The fraction of sp³-hybridized carbons (Fsp3) is 0.526. The lowest BCUT2D eigenvalue weighted by Gasteiger charge is -2.21. The quantitative estimate of drug-likeness (QED) is 0.622. The third-order valence-electron chi connectivity index (χ3n) is 5.07. The van der Waals surface area contributed by atoms with Crippen LogP contribution in [0.2, 0.25) is 0 Å². The number of hydrogen-bond donors (Lipinski definition) is 3. The summed E-state index contributed by atoms with van der Waals surface area (Å²) in [6.45, 7) is 8.40. The average molecular weight is 407 g/mol. The van der Waals surface area contributed by atoms with E-state index in [9.17, 15) is 9.59 Å². The van der Waals surface area contributed by atoms with Gasteiger partial charge in [-0.05, 0) is 25.8 Å². The Labute approximate surface area is 167 Å². The van der Waals surface area contributed by atoms with Crippen molar-refractivity contribution in [3.05, 3.63) is 22.2 Å². The van der Waals surface area contributed by atoms with Crippen LogP contribution in [-0.4, -0.2) is 46.5 Å². The van der Waals surface area contributed by atoms with E-state index < -0.39 is 23.2 Å². The minimum atomic E-state index is -1.63. The number of pyridine rings is 2. The van der Waals surface area contributed by atoms with E-state index in [1.807, 2.05) is 4.90 Å². The standard InChI is InChI=1S/C19H26FN5O4/c1-4-24-9-12(29-19(27)28)16(26)13-15(21)14(20)18(23-17(13)24)25-6-5-11(8-25)7-22-10(2)3/h9-11,22H,4-8H2,1-3H3,(H2,21,23)(H,27,28). The van der Waals surface area contributed by atoms with Crippen molar-refractivity contribution < 1.29 is 19.0 Å². The number of nitrogens with one attached hydrogen (secondary N) is 1.